The molecule has 0 aliphatic carbocycles. The van der Waals surface area contributed by atoms with E-state index in [2.05, 4.69) is 69.3 Å². The zero-order valence-corrected chi connectivity index (χ0v) is 11.9. The van der Waals surface area contributed by atoms with E-state index in [1.807, 2.05) is 12.1 Å². The van der Waals surface area contributed by atoms with Gasteiger partial charge in [-0.15, -0.1) is 0 Å². The number of benzene rings is 2. The van der Waals surface area contributed by atoms with Gasteiger partial charge in [-0.3, -0.25) is 4.99 Å². The molecule has 1 atom stereocenters. The second-order valence-electron chi connectivity index (χ2n) is 5.12. The van der Waals surface area contributed by atoms with Crippen molar-refractivity contribution in [2.45, 2.75) is 26.8 Å². The van der Waals surface area contributed by atoms with Crippen LogP contribution in [0, 0.1) is 5.92 Å². The summed E-state index contributed by atoms with van der Waals surface area (Å²) in [5, 5.41) is 0. The van der Waals surface area contributed by atoms with Crippen LogP contribution < -0.4 is 0 Å². The van der Waals surface area contributed by atoms with Crippen LogP contribution in [-0.2, 0) is 0 Å². The van der Waals surface area contributed by atoms with Gasteiger partial charge < -0.3 is 0 Å². The van der Waals surface area contributed by atoms with Crippen LogP contribution in [0.2, 0.25) is 0 Å². The minimum absolute atomic E-state index is 0.193. The molecule has 0 saturated carbocycles. The number of aliphatic imine (C=N–C) groups is 1. The van der Waals surface area contributed by atoms with Crippen LogP contribution in [0.1, 0.15) is 37.9 Å². The maximum Gasteiger partial charge on any atom is 0.0724 e. The molecule has 0 heterocycles. The highest BCUT2D eigenvalue weighted by Crippen LogP contribution is 2.20. The van der Waals surface area contributed by atoms with Crippen LogP contribution in [0.5, 0.6) is 0 Å². The first-order valence-electron chi connectivity index (χ1n) is 6.86. The van der Waals surface area contributed by atoms with Crippen molar-refractivity contribution < 1.29 is 0 Å². The molecule has 0 radical (unpaired) electrons. The van der Waals surface area contributed by atoms with Crippen LogP contribution in [0.3, 0.4) is 0 Å². The summed E-state index contributed by atoms with van der Waals surface area (Å²) in [5.41, 5.74) is 3.66. The Morgan fingerprint density at radius 3 is 1.84 bits per heavy atom. The quantitative estimate of drug-likeness (QED) is 0.686. The normalized spacial score (nSPS) is 13.6. The smallest absolute Gasteiger partial charge is 0.0724 e. The summed E-state index contributed by atoms with van der Waals surface area (Å²) in [4.78, 5) is 4.93. The maximum absolute atomic E-state index is 4.93. The molecule has 0 aliphatic rings. The van der Waals surface area contributed by atoms with E-state index in [0.29, 0.717) is 5.92 Å². The van der Waals surface area contributed by atoms with E-state index < -0.39 is 0 Å². The molecule has 1 nitrogen and oxygen atoms in total. The van der Waals surface area contributed by atoms with Gasteiger partial charge in [0.15, 0.2) is 0 Å². The minimum Gasteiger partial charge on any atom is -0.281 e. The van der Waals surface area contributed by atoms with Crippen LogP contribution in [0.4, 0.5) is 0 Å². The van der Waals surface area contributed by atoms with E-state index in [0.717, 1.165) is 0 Å². The lowest BCUT2D eigenvalue weighted by Crippen LogP contribution is -2.11. The average Bonchev–Trinajstić information content (AvgIpc) is 2.46. The summed E-state index contributed by atoms with van der Waals surface area (Å²) in [6.07, 6.45) is 0. The molecular formula is C18H21N. The van der Waals surface area contributed by atoms with Crippen molar-refractivity contribution in [1.29, 1.82) is 0 Å². The van der Waals surface area contributed by atoms with E-state index in [1.165, 1.54) is 16.8 Å². The maximum atomic E-state index is 4.93. The second kappa shape index (κ2) is 6.33. The Morgan fingerprint density at radius 1 is 0.789 bits per heavy atom. The van der Waals surface area contributed by atoms with Gasteiger partial charge in [-0.05, 0) is 24.0 Å². The molecule has 0 aliphatic heterocycles. The highest BCUT2D eigenvalue weighted by Gasteiger charge is 2.11. The minimum atomic E-state index is 0.193. The highest BCUT2D eigenvalue weighted by molar-refractivity contribution is 6.01. The summed E-state index contributed by atoms with van der Waals surface area (Å²) in [7, 11) is 0. The van der Waals surface area contributed by atoms with E-state index in [1.54, 1.807) is 0 Å². The van der Waals surface area contributed by atoms with E-state index in [4.69, 9.17) is 4.99 Å². The largest absolute Gasteiger partial charge is 0.281 e. The molecule has 2 aromatic rings. The summed E-state index contributed by atoms with van der Waals surface area (Å²) < 4.78 is 0. The molecule has 0 bridgehead atoms. The van der Waals surface area contributed by atoms with Gasteiger partial charge in [0, 0.05) is 5.71 Å². The first kappa shape index (κ1) is 13.5. The number of hydrogen-bond donors (Lipinski definition) is 0. The molecule has 0 saturated heterocycles. The lowest BCUT2D eigenvalue weighted by Gasteiger charge is -2.15. The fourth-order valence-corrected chi connectivity index (χ4v) is 2.18. The average molecular weight is 251 g/mol. The molecule has 0 aromatic heterocycles. The summed E-state index contributed by atoms with van der Waals surface area (Å²) >= 11 is 0. The van der Waals surface area contributed by atoms with Gasteiger partial charge in [-0.25, -0.2) is 0 Å². The standard InChI is InChI=1S/C18H21N/c1-14(2)18(17-12-8-5-9-13-17)19-15(3)16-10-6-4-7-11-16/h4-15H,1-3H3. The van der Waals surface area contributed by atoms with Gasteiger partial charge in [0.05, 0.1) is 6.04 Å². The fourth-order valence-electron chi connectivity index (χ4n) is 2.18. The second-order valence-corrected chi connectivity index (χ2v) is 5.12. The number of rotatable bonds is 4. The van der Waals surface area contributed by atoms with Crippen LogP contribution in [0.25, 0.3) is 0 Å². The summed E-state index contributed by atoms with van der Waals surface area (Å²) in [6, 6.07) is 21.1. The molecule has 0 amide bonds. The van der Waals surface area contributed by atoms with E-state index >= 15 is 0 Å². The predicted octanol–water partition coefficient (Wildman–Crippen LogP) is 4.89. The molecule has 0 N–H and O–H groups in total. The van der Waals surface area contributed by atoms with Crippen molar-refractivity contribution in [2.75, 3.05) is 0 Å². The molecule has 2 rings (SSSR count). The Labute approximate surface area is 116 Å². The van der Waals surface area contributed by atoms with Crippen molar-refractivity contribution in [3.05, 3.63) is 71.8 Å². The Balaban J connectivity index is 2.32. The van der Waals surface area contributed by atoms with Crippen molar-refractivity contribution in [3.63, 3.8) is 0 Å². The van der Waals surface area contributed by atoms with Gasteiger partial charge in [-0.1, -0.05) is 74.5 Å². The highest BCUT2D eigenvalue weighted by atomic mass is 14.8. The Kier molecular flexibility index (Phi) is 4.51. The van der Waals surface area contributed by atoms with Gasteiger partial charge in [-0.2, -0.15) is 0 Å². The van der Waals surface area contributed by atoms with Gasteiger partial charge in [0.25, 0.3) is 0 Å². The molecular weight excluding hydrogens is 230 g/mol. The van der Waals surface area contributed by atoms with E-state index in [-0.39, 0.29) is 6.04 Å². The molecule has 19 heavy (non-hydrogen) atoms. The third-order valence-electron chi connectivity index (χ3n) is 3.23. The van der Waals surface area contributed by atoms with Crippen molar-refractivity contribution >= 4 is 5.71 Å². The van der Waals surface area contributed by atoms with Crippen molar-refractivity contribution in [2.24, 2.45) is 10.9 Å². The van der Waals surface area contributed by atoms with Gasteiger partial charge in [0.2, 0.25) is 0 Å². The summed E-state index contributed by atoms with van der Waals surface area (Å²) in [5.74, 6) is 0.425. The van der Waals surface area contributed by atoms with Crippen LogP contribution >= 0.6 is 0 Å². The van der Waals surface area contributed by atoms with Gasteiger partial charge in [0.1, 0.15) is 0 Å². The lowest BCUT2D eigenvalue weighted by atomic mass is 9.99. The predicted molar refractivity (Wildman–Crippen MR) is 82.7 cm³/mol. The molecule has 98 valence electrons. The molecule has 2 aromatic carbocycles. The third kappa shape index (κ3) is 3.54. The van der Waals surface area contributed by atoms with Crippen LogP contribution in [-0.4, -0.2) is 5.71 Å². The first-order valence-corrected chi connectivity index (χ1v) is 6.86. The Bertz CT molecular complexity index is 526. The number of hydrogen-bond acceptors (Lipinski definition) is 1. The van der Waals surface area contributed by atoms with Gasteiger partial charge >= 0.3 is 0 Å². The topological polar surface area (TPSA) is 12.4 Å². The Hall–Kier alpha value is -1.89. The third-order valence-corrected chi connectivity index (χ3v) is 3.23. The zero-order valence-electron chi connectivity index (χ0n) is 11.9. The Morgan fingerprint density at radius 2 is 1.32 bits per heavy atom. The molecule has 1 heteroatoms. The SMILES string of the molecule is CC(C)C(=NC(C)c1ccccc1)c1ccccc1. The summed E-state index contributed by atoms with van der Waals surface area (Å²) in [6.45, 7) is 6.55. The van der Waals surface area contributed by atoms with E-state index in [9.17, 15) is 0 Å². The van der Waals surface area contributed by atoms with Crippen molar-refractivity contribution in [1.82, 2.24) is 0 Å². The molecule has 1 unspecified atom stereocenters. The zero-order chi connectivity index (χ0) is 13.7. The van der Waals surface area contributed by atoms with Crippen LogP contribution in [0.15, 0.2) is 65.7 Å². The monoisotopic (exact) mass is 251 g/mol. The fraction of sp³-hybridized carbons (Fsp3) is 0.278. The number of nitrogens with zero attached hydrogens (tertiary/aromatic N) is 1. The van der Waals surface area contributed by atoms with Crippen molar-refractivity contribution in [3.8, 4) is 0 Å². The molecule has 0 spiro atoms. The lowest BCUT2D eigenvalue weighted by molar-refractivity contribution is 0.787. The first-order chi connectivity index (χ1) is 9.18. The molecule has 0 fully saturated rings.